The molecule has 1 heterocycles. The van der Waals surface area contributed by atoms with Crippen molar-refractivity contribution in [3.8, 4) is 11.5 Å². The molecular weight excluding hydrogens is 473 g/mol. The van der Waals surface area contributed by atoms with Gasteiger partial charge in [-0.15, -0.1) is 0 Å². The molecule has 1 fully saturated rings. The molecule has 4 nitrogen and oxygen atoms in total. The number of rotatable bonds is 6. The Morgan fingerprint density at radius 3 is 2.45 bits per heavy atom. The second-order valence-corrected chi connectivity index (χ2v) is 8.91. The molecule has 0 aromatic heterocycles. The van der Waals surface area contributed by atoms with Crippen LogP contribution in [0.5, 0.6) is 11.5 Å². The second kappa shape index (κ2) is 9.58. The number of carbonyl (C=O) groups excluding carboxylic acids is 1. The van der Waals surface area contributed by atoms with Gasteiger partial charge in [-0.3, -0.25) is 9.69 Å². The van der Waals surface area contributed by atoms with Crippen LogP contribution in [0, 0.1) is 0 Å². The van der Waals surface area contributed by atoms with Crippen LogP contribution in [0.2, 0.25) is 15.1 Å². The van der Waals surface area contributed by atoms with E-state index in [4.69, 9.17) is 56.5 Å². The van der Waals surface area contributed by atoms with Gasteiger partial charge < -0.3 is 9.47 Å². The fourth-order valence-corrected chi connectivity index (χ4v) is 5.05. The average molecular weight is 489 g/mol. The van der Waals surface area contributed by atoms with E-state index in [0.717, 1.165) is 11.1 Å². The quantitative estimate of drug-likeness (QED) is 0.345. The first-order valence-electron chi connectivity index (χ1n) is 8.53. The van der Waals surface area contributed by atoms with Crippen LogP contribution in [0.15, 0.2) is 35.2 Å². The van der Waals surface area contributed by atoms with Crippen LogP contribution in [0.4, 0.5) is 0 Å². The summed E-state index contributed by atoms with van der Waals surface area (Å²) in [7, 11) is 1.58. The Kier molecular flexibility index (Phi) is 7.35. The zero-order valence-corrected chi connectivity index (χ0v) is 19.4. The molecule has 9 heteroatoms. The Balaban J connectivity index is 1.86. The van der Waals surface area contributed by atoms with Gasteiger partial charge in [0.2, 0.25) is 0 Å². The summed E-state index contributed by atoms with van der Waals surface area (Å²) in [5.74, 6) is 0.898. The molecule has 152 valence electrons. The van der Waals surface area contributed by atoms with E-state index in [1.165, 1.54) is 11.8 Å². The number of benzene rings is 2. The summed E-state index contributed by atoms with van der Waals surface area (Å²) in [6, 6.07) is 8.69. The molecule has 0 bridgehead atoms. The van der Waals surface area contributed by atoms with Crippen LogP contribution in [0.3, 0.4) is 0 Å². The number of carbonyl (C=O) groups is 1. The number of methoxy groups -OCH3 is 1. The third-order valence-electron chi connectivity index (χ3n) is 4.13. The number of hydrogen-bond acceptors (Lipinski definition) is 5. The van der Waals surface area contributed by atoms with E-state index < -0.39 is 0 Å². The standard InChI is InChI=1S/C20H16Cl3NO3S2/c1-3-24-19(25)17(29-20(24)28)7-11-4-5-16(26-2)12(6-11)10-27-18-14(22)8-13(21)9-15(18)23/h4-9H,3,10H2,1-2H3. The maximum atomic E-state index is 12.4. The number of nitrogens with zero attached hydrogens (tertiary/aromatic N) is 1. The van der Waals surface area contributed by atoms with Crippen LogP contribution >= 0.6 is 58.8 Å². The molecule has 0 aliphatic carbocycles. The summed E-state index contributed by atoms with van der Waals surface area (Å²) in [6.45, 7) is 2.61. The zero-order valence-electron chi connectivity index (χ0n) is 15.5. The summed E-state index contributed by atoms with van der Waals surface area (Å²) in [4.78, 5) is 14.6. The predicted octanol–water partition coefficient (Wildman–Crippen LogP) is 6.46. The average Bonchev–Trinajstić information content (AvgIpc) is 2.93. The van der Waals surface area contributed by atoms with E-state index in [9.17, 15) is 4.79 Å². The first-order valence-corrected chi connectivity index (χ1v) is 10.9. The van der Waals surface area contributed by atoms with Crippen molar-refractivity contribution in [3.05, 3.63) is 61.4 Å². The molecule has 0 spiro atoms. The van der Waals surface area contributed by atoms with Gasteiger partial charge in [0.25, 0.3) is 5.91 Å². The SMILES string of the molecule is CCN1C(=O)C(=Cc2ccc(OC)c(COc3c(Cl)cc(Cl)cc3Cl)c2)SC1=S. The van der Waals surface area contributed by atoms with E-state index in [2.05, 4.69) is 0 Å². The van der Waals surface area contributed by atoms with Crippen LogP contribution in [-0.4, -0.2) is 28.8 Å². The van der Waals surface area contributed by atoms with Gasteiger partial charge in [-0.05, 0) is 42.8 Å². The van der Waals surface area contributed by atoms with Crippen molar-refractivity contribution in [1.82, 2.24) is 4.90 Å². The molecule has 1 aliphatic rings. The highest BCUT2D eigenvalue weighted by Gasteiger charge is 2.30. The number of likely N-dealkylation sites (N-methyl/N-ethyl adjacent to an activating group) is 1. The fourth-order valence-electron chi connectivity index (χ4n) is 2.74. The number of thiocarbonyl (C=S) groups is 1. The fraction of sp³-hybridized carbons (Fsp3) is 0.200. The lowest BCUT2D eigenvalue weighted by Crippen LogP contribution is -2.27. The normalized spacial score (nSPS) is 15.3. The minimum Gasteiger partial charge on any atom is -0.496 e. The second-order valence-electron chi connectivity index (χ2n) is 5.98. The molecular formula is C20H16Cl3NO3S2. The van der Waals surface area contributed by atoms with Crippen LogP contribution in [0.1, 0.15) is 18.1 Å². The summed E-state index contributed by atoms with van der Waals surface area (Å²) >= 11 is 24.9. The van der Waals surface area contributed by atoms with E-state index >= 15 is 0 Å². The molecule has 0 unspecified atom stereocenters. The minimum atomic E-state index is -0.0872. The lowest BCUT2D eigenvalue weighted by molar-refractivity contribution is -0.121. The van der Waals surface area contributed by atoms with Gasteiger partial charge >= 0.3 is 0 Å². The minimum absolute atomic E-state index is 0.0872. The highest BCUT2D eigenvalue weighted by Crippen LogP contribution is 2.37. The molecule has 1 saturated heterocycles. The Bertz CT molecular complexity index is 987. The third-order valence-corrected chi connectivity index (χ3v) is 6.28. The van der Waals surface area contributed by atoms with Crippen LogP contribution < -0.4 is 9.47 Å². The smallest absolute Gasteiger partial charge is 0.266 e. The van der Waals surface area contributed by atoms with E-state index in [-0.39, 0.29) is 12.5 Å². The summed E-state index contributed by atoms with van der Waals surface area (Å²) in [5.41, 5.74) is 1.60. The molecule has 2 aromatic rings. The van der Waals surface area contributed by atoms with Gasteiger partial charge in [0.1, 0.15) is 16.7 Å². The predicted molar refractivity (Wildman–Crippen MR) is 124 cm³/mol. The van der Waals surface area contributed by atoms with Gasteiger partial charge in [-0.25, -0.2) is 0 Å². The van der Waals surface area contributed by atoms with E-state index in [1.54, 1.807) is 30.2 Å². The maximum Gasteiger partial charge on any atom is 0.266 e. The first kappa shape index (κ1) is 22.2. The maximum absolute atomic E-state index is 12.4. The van der Waals surface area contributed by atoms with Gasteiger partial charge in [0.15, 0.2) is 5.75 Å². The molecule has 0 atom stereocenters. The highest BCUT2D eigenvalue weighted by atomic mass is 35.5. The number of ether oxygens (including phenoxy) is 2. The molecule has 0 N–H and O–H groups in total. The van der Waals surface area contributed by atoms with Gasteiger partial charge in [0, 0.05) is 17.1 Å². The lowest BCUT2D eigenvalue weighted by Gasteiger charge is -2.13. The Hall–Kier alpha value is -1.44. The zero-order chi connectivity index (χ0) is 21.1. The summed E-state index contributed by atoms with van der Waals surface area (Å²) in [6.07, 6.45) is 1.81. The number of hydrogen-bond donors (Lipinski definition) is 0. The Morgan fingerprint density at radius 2 is 1.86 bits per heavy atom. The topological polar surface area (TPSA) is 38.8 Å². The van der Waals surface area contributed by atoms with Crippen LogP contribution in [-0.2, 0) is 11.4 Å². The van der Waals surface area contributed by atoms with Crippen molar-refractivity contribution in [2.45, 2.75) is 13.5 Å². The molecule has 3 rings (SSSR count). The Labute approximate surface area is 193 Å². The van der Waals surface area contributed by atoms with Crippen LogP contribution in [0.25, 0.3) is 6.08 Å². The van der Waals surface area contributed by atoms with E-state index in [1.807, 2.05) is 25.1 Å². The molecule has 1 amide bonds. The van der Waals surface area contributed by atoms with Crippen molar-refractivity contribution in [3.63, 3.8) is 0 Å². The van der Waals surface area contributed by atoms with Crippen molar-refractivity contribution in [2.24, 2.45) is 0 Å². The van der Waals surface area contributed by atoms with Crippen molar-refractivity contribution >= 4 is 75.1 Å². The van der Waals surface area contributed by atoms with E-state index in [0.29, 0.717) is 42.3 Å². The molecule has 0 saturated carbocycles. The highest BCUT2D eigenvalue weighted by molar-refractivity contribution is 8.26. The molecule has 1 aliphatic heterocycles. The molecule has 29 heavy (non-hydrogen) atoms. The number of halogens is 3. The largest absolute Gasteiger partial charge is 0.496 e. The monoisotopic (exact) mass is 487 g/mol. The van der Waals surface area contributed by atoms with Crippen molar-refractivity contribution in [1.29, 1.82) is 0 Å². The lowest BCUT2D eigenvalue weighted by atomic mass is 10.1. The Morgan fingerprint density at radius 1 is 1.17 bits per heavy atom. The van der Waals surface area contributed by atoms with Crippen molar-refractivity contribution < 1.29 is 14.3 Å². The number of thioether (sulfide) groups is 1. The van der Waals surface area contributed by atoms with Gasteiger partial charge in [-0.2, -0.15) is 0 Å². The summed E-state index contributed by atoms with van der Waals surface area (Å²) in [5, 5.41) is 1.07. The third kappa shape index (κ3) is 5.01. The van der Waals surface area contributed by atoms with Crippen molar-refractivity contribution in [2.75, 3.05) is 13.7 Å². The number of amides is 1. The summed E-state index contributed by atoms with van der Waals surface area (Å²) < 4.78 is 11.8. The van der Waals surface area contributed by atoms with Gasteiger partial charge in [0.05, 0.1) is 22.1 Å². The molecule has 2 aromatic carbocycles. The first-order chi connectivity index (χ1) is 13.8. The van der Waals surface area contributed by atoms with Gasteiger partial charge in [-0.1, -0.05) is 64.8 Å². The molecule has 0 radical (unpaired) electrons.